The summed E-state index contributed by atoms with van der Waals surface area (Å²) in [5, 5.41) is 8.86. The molecule has 0 amide bonds. The van der Waals surface area contributed by atoms with Gasteiger partial charge in [0.05, 0.1) is 5.92 Å². The fourth-order valence-electron chi connectivity index (χ4n) is 1.56. The van der Waals surface area contributed by atoms with Crippen molar-refractivity contribution in [2.45, 2.75) is 58.8 Å². The van der Waals surface area contributed by atoms with Crippen LogP contribution in [-0.4, -0.2) is 11.1 Å². The van der Waals surface area contributed by atoms with E-state index in [1.165, 1.54) is 19.3 Å². The van der Waals surface area contributed by atoms with E-state index in [0.717, 1.165) is 25.7 Å². The molecule has 3 heteroatoms. The van der Waals surface area contributed by atoms with Crippen LogP contribution in [0.3, 0.4) is 0 Å². The fraction of sp³-hybridized carbons (Fsp3) is 0.909. The van der Waals surface area contributed by atoms with E-state index in [4.69, 9.17) is 5.11 Å². The van der Waals surface area contributed by atoms with Gasteiger partial charge in [-0.1, -0.05) is 46.0 Å². The van der Waals surface area contributed by atoms with E-state index in [-0.39, 0.29) is 12.1 Å². The molecular weight excluding hydrogens is 178 g/mol. The summed E-state index contributed by atoms with van der Waals surface area (Å²) in [5.74, 6) is -0.708. The van der Waals surface area contributed by atoms with Crippen LogP contribution >= 0.6 is 0 Å². The molecule has 0 radical (unpaired) electrons. The van der Waals surface area contributed by atoms with E-state index in [1.54, 1.807) is 0 Å². The van der Waals surface area contributed by atoms with E-state index in [1.807, 2.05) is 6.92 Å². The number of carboxylic acids is 1. The highest BCUT2D eigenvalue weighted by atomic mass is 16.4. The van der Waals surface area contributed by atoms with E-state index in [0.29, 0.717) is 0 Å². The van der Waals surface area contributed by atoms with Crippen molar-refractivity contribution in [2.24, 2.45) is 5.92 Å². The topological polar surface area (TPSA) is 72.3 Å². The molecule has 0 bridgehead atoms. The van der Waals surface area contributed by atoms with Gasteiger partial charge in [-0.15, -0.1) is 0 Å². The summed E-state index contributed by atoms with van der Waals surface area (Å²) in [6.45, 7) is 4.21. The first-order valence-electron chi connectivity index (χ1n) is 5.45. The molecule has 14 heavy (non-hydrogen) atoms. The lowest BCUT2D eigenvalue weighted by Gasteiger charge is -2.09. The number of carboxylic acid groups (broad SMARTS) is 1. The summed E-state index contributed by atoms with van der Waals surface area (Å²) < 4.78 is 0. The molecule has 0 aliphatic carbocycles. The van der Waals surface area contributed by atoms with Crippen molar-refractivity contribution in [3.63, 3.8) is 0 Å². The van der Waals surface area contributed by atoms with Gasteiger partial charge in [0, 0.05) is 0 Å². The van der Waals surface area contributed by atoms with Crippen LogP contribution in [0.4, 0.5) is 0 Å². The van der Waals surface area contributed by atoms with Gasteiger partial charge in [0.15, 0.2) is 0 Å². The Morgan fingerprint density at radius 3 is 2.14 bits per heavy atom. The van der Waals surface area contributed by atoms with Crippen molar-refractivity contribution < 1.29 is 9.90 Å². The minimum Gasteiger partial charge on any atom is -0.481 e. The normalized spacial score (nSPS) is 11.9. The second-order valence-corrected chi connectivity index (χ2v) is 3.67. The summed E-state index contributed by atoms with van der Waals surface area (Å²) in [4.78, 5) is 10.8. The molecule has 3 nitrogen and oxygen atoms in total. The van der Waals surface area contributed by atoms with Crippen LogP contribution in [0.15, 0.2) is 0 Å². The van der Waals surface area contributed by atoms with E-state index in [2.05, 4.69) is 6.92 Å². The molecule has 0 unspecified atom stereocenters. The standard InChI is InChI=1S/C11H22O2.H3N/c1-3-5-6-7-9-10(8-4-2)11(12)13;/h10H,3-9H2,1-2H3,(H,12,13);1H3/t10-;/m1./s1. The number of unbranched alkanes of at least 4 members (excludes halogenated alkanes) is 3. The minimum atomic E-state index is -0.613. The Hall–Kier alpha value is -0.570. The highest BCUT2D eigenvalue weighted by molar-refractivity contribution is 5.69. The number of hydrogen-bond donors (Lipinski definition) is 2. The maximum atomic E-state index is 10.8. The molecule has 0 saturated carbocycles. The molecule has 1 atom stereocenters. The third-order valence-corrected chi connectivity index (χ3v) is 2.39. The van der Waals surface area contributed by atoms with Crippen molar-refractivity contribution >= 4 is 5.97 Å². The Kier molecular flexibility index (Phi) is 11.9. The maximum Gasteiger partial charge on any atom is 0.306 e. The third kappa shape index (κ3) is 8.05. The molecule has 0 heterocycles. The number of hydrogen-bond acceptors (Lipinski definition) is 2. The highest BCUT2D eigenvalue weighted by Crippen LogP contribution is 2.16. The van der Waals surface area contributed by atoms with Crippen molar-refractivity contribution in [2.75, 3.05) is 0 Å². The van der Waals surface area contributed by atoms with Gasteiger partial charge in [0.2, 0.25) is 0 Å². The van der Waals surface area contributed by atoms with Crippen LogP contribution in [0.1, 0.15) is 58.8 Å². The average molecular weight is 203 g/mol. The SMILES string of the molecule is CCCCCC[C@@H](CCC)C(=O)O.N. The van der Waals surface area contributed by atoms with Gasteiger partial charge < -0.3 is 11.3 Å². The van der Waals surface area contributed by atoms with Gasteiger partial charge in [0.25, 0.3) is 0 Å². The Morgan fingerprint density at radius 2 is 1.71 bits per heavy atom. The average Bonchev–Trinajstić information content (AvgIpc) is 2.10. The minimum absolute atomic E-state index is 0. The molecule has 0 saturated heterocycles. The van der Waals surface area contributed by atoms with Crippen LogP contribution in [0, 0.1) is 5.92 Å². The van der Waals surface area contributed by atoms with Crippen LogP contribution < -0.4 is 6.15 Å². The van der Waals surface area contributed by atoms with E-state index < -0.39 is 5.97 Å². The second kappa shape index (κ2) is 10.5. The number of rotatable bonds is 8. The van der Waals surface area contributed by atoms with Crippen LogP contribution in [0.25, 0.3) is 0 Å². The van der Waals surface area contributed by atoms with Gasteiger partial charge in [0.1, 0.15) is 0 Å². The van der Waals surface area contributed by atoms with Crippen molar-refractivity contribution in [3.8, 4) is 0 Å². The zero-order valence-electron chi connectivity index (χ0n) is 9.59. The van der Waals surface area contributed by atoms with Gasteiger partial charge in [-0.3, -0.25) is 4.79 Å². The largest absolute Gasteiger partial charge is 0.481 e. The molecule has 4 N–H and O–H groups in total. The lowest BCUT2D eigenvalue weighted by atomic mass is 9.96. The molecule has 0 aliphatic heterocycles. The molecular formula is C11H25NO2. The molecule has 0 spiro atoms. The molecule has 0 fully saturated rings. The highest BCUT2D eigenvalue weighted by Gasteiger charge is 2.14. The summed E-state index contributed by atoms with van der Waals surface area (Å²) >= 11 is 0. The van der Waals surface area contributed by atoms with Gasteiger partial charge >= 0.3 is 5.97 Å². The van der Waals surface area contributed by atoms with Crippen LogP contribution in [0.2, 0.25) is 0 Å². The summed E-state index contributed by atoms with van der Waals surface area (Å²) in [6, 6.07) is 0. The smallest absolute Gasteiger partial charge is 0.306 e. The Bertz CT molecular complexity index is 137. The molecule has 0 aliphatic rings. The quantitative estimate of drug-likeness (QED) is 0.592. The molecule has 0 aromatic carbocycles. The number of carbonyl (C=O) groups is 1. The summed E-state index contributed by atoms with van der Waals surface area (Å²) in [6.07, 6.45) is 7.38. The molecule has 0 rings (SSSR count). The van der Waals surface area contributed by atoms with E-state index in [9.17, 15) is 4.79 Å². The maximum absolute atomic E-state index is 10.8. The first-order valence-corrected chi connectivity index (χ1v) is 5.45. The first-order chi connectivity index (χ1) is 6.22. The van der Waals surface area contributed by atoms with Crippen LogP contribution in [-0.2, 0) is 4.79 Å². The fourth-order valence-corrected chi connectivity index (χ4v) is 1.56. The van der Waals surface area contributed by atoms with Crippen LogP contribution in [0.5, 0.6) is 0 Å². The van der Waals surface area contributed by atoms with Gasteiger partial charge in [-0.2, -0.15) is 0 Å². The Balaban J connectivity index is 0. The number of aliphatic carboxylic acids is 1. The summed E-state index contributed by atoms with van der Waals surface area (Å²) in [7, 11) is 0. The lowest BCUT2D eigenvalue weighted by molar-refractivity contribution is -0.142. The monoisotopic (exact) mass is 203 g/mol. The van der Waals surface area contributed by atoms with Gasteiger partial charge in [-0.05, 0) is 12.8 Å². The zero-order chi connectivity index (χ0) is 10.1. The Labute approximate surface area is 87.5 Å². The molecule has 86 valence electrons. The van der Waals surface area contributed by atoms with Crippen molar-refractivity contribution in [1.82, 2.24) is 6.15 Å². The summed E-state index contributed by atoms with van der Waals surface area (Å²) in [5.41, 5.74) is 0. The Morgan fingerprint density at radius 1 is 1.07 bits per heavy atom. The first kappa shape index (κ1) is 15.9. The lowest BCUT2D eigenvalue weighted by Crippen LogP contribution is -2.13. The second-order valence-electron chi connectivity index (χ2n) is 3.67. The third-order valence-electron chi connectivity index (χ3n) is 2.39. The zero-order valence-corrected chi connectivity index (χ0v) is 9.59. The van der Waals surface area contributed by atoms with Crippen molar-refractivity contribution in [1.29, 1.82) is 0 Å². The molecule has 0 aromatic rings. The predicted molar refractivity (Wildman–Crippen MR) is 59.8 cm³/mol. The predicted octanol–water partition coefficient (Wildman–Crippen LogP) is 3.62. The van der Waals surface area contributed by atoms with Crippen molar-refractivity contribution in [3.05, 3.63) is 0 Å². The molecule has 0 aromatic heterocycles. The van der Waals surface area contributed by atoms with Gasteiger partial charge in [-0.25, -0.2) is 0 Å². The van der Waals surface area contributed by atoms with E-state index >= 15 is 0 Å².